The second kappa shape index (κ2) is 6.09. The second-order valence-electron chi connectivity index (χ2n) is 4.66. The molecule has 2 amide bonds. The summed E-state index contributed by atoms with van der Waals surface area (Å²) in [4.78, 5) is 23.4. The van der Waals surface area contributed by atoms with Gasteiger partial charge in [0.15, 0.2) is 5.82 Å². The molecule has 0 unspecified atom stereocenters. The molecule has 4 N–H and O–H groups in total. The highest BCUT2D eigenvalue weighted by Crippen LogP contribution is 2.06. The van der Waals surface area contributed by atoms with Crippen LogP contribution in [0.15, 0.2) is 0 Å². The van der Waals surface area contributed by atoms with E-state index in [4.69, 9.17) is 10.6 Å². The Hall–Kier alpha value is -2.23. The van der Waals surface area contributed by atoms with Gasteiger partial charge in [-0.1, -0.05) is 0 Å². The molecule has 0 spiro atoms. The molecule has 0 aromatic carbocycles. The number of tetrazole rings is 1. The molecule has 1 heterocycles. The number of alkyl carbamates (subject to hydrolysis) is 1. The molecule has 0 saturated heterocycles. The third-order valence-electron chi connectivity index (χ3n) is 1.73. The van der Waals surface area contributed by atoms with Gasteiger partial charge in [-0.25, -0.2) is 10.6 Å². The summed E-state index contributed by atoms with van der Waals surface area (Å²) in [5.41, 5.74) is 1.37. The molecule has 0 aliphatic carbocycles. The van der Waals surface area contributed by atoms with Gasteiger partial charge in [-0.05, 0) is 26.0 Å². The van der Waals surface area contributed by atoms with Crippen LogP contribution in [0.5, 0.6) is 0 Å². The minimum atomic E-state index is -0.580. The number of hydrogen-bond donors (Lipinski definition) is 3. The molecule has 1 aromatic rings. The smallest absolute Gasteiger partial charge is 0.408 e. The van der Waals surface area contributed by atoms with Gasteiger partial charge in [-0.15, -0.1) is 10.2 Å². The van der Waals surface area contributed by atoms with Crippen LogP contribution in [0.3, 0.4) is 0 Å². The Morgan fingerprint density at radius 1 is 1.42 bits per heavy atom. The summed E-state index contributed by atoms with van der Waals surface area (Å²) in [6, 6.07) is 0. The van der Waals surface area contributed by atoms with Crippen molar-refractivity contribution in [3.63, 3.8) is 0 Å². The van der Waals surface area contributed by atoms with Crippen molar-refractivity contribution in [1.29, 1.82) is 0 Å². The van der Waals surface area contributed by atoms with Crippen molar-refractivity contribution in [3.05, 3.63) is 5.82 Å². The molecular formula is C9H17N7O3. The summed E-state index contributed by atoms with van der Waals surface area (Å²) >= 11 is 0. The van der Waals surface area contributed by atoms with Gasteiger partial charge in [0.25, 0.3) is 5.91 Å². The average molecular weight is 271 g/mol. The molecule has 0 saturated carbocycles. The molecule has 10 nitrogen and oxygen atoms in total. The maximum Gasteiger partial charge on any atom is 0.408 e. The molecule has 106 valence electrons. The first kappa shape index (κ1) is 14.8. The predicted octanol–water partition coefficient (Wildman–Crippen LogP) is -1.31. The lowest BCUT2D eigenvalue weighted by atomic mass is 10.2. The third kappa shape index (κ3) is 5.77. The molecule has 0 atom stereocenters. The quantitative estimate of drug-likeness (QED) is 0.351. The largest absolute Gasteiger partial charge is 0.444 e. The van der Waals surface area contributed by atoms with E-state index in [1.807, 2.05) is 5.43 Å². The van der Waals surface area contributed by atoms with Gasteiger partial charge in [-0.3, -0.25) is 10.2 Å². The van der Waals surface area contributed by atoms with Crippen molar-refractivity contribution in [2.45, 2.75) is 39.5 Å². The van der Waals surface area contributed by atoms with E-state index in [9.17, 15) is 9.59 Å². The van der Waals surface area contributed by atoms with Crippen molar-refractivity contribution < 1.29 is 14.3 Å². The number of carbonyl (C=O) groups is 2. The lowest BCUT2D eigenvalue weighted by Crippen LogP contribution is -2.34. The zero-order valence-corrected chi connectivity index (χ0v) is 11.0. The molecule has 0 aliphatic heterocycles. The van der Waals surface area contributed by atoms with Crippen molar-refractivity contribution in [2.24, 2.45) is 5.84 Å². The van der Waals surface area contributed by atoms with Crippen LogP contribution < -0.4 is 16.6 Å². The van der Waals surface area contributed by atoms with Crippen LogP contribution in [0.1, 0.15) is 26.6 Å². The van der Waals surface area contributed by atoms with Gasteiger partial charge in [0.05, 0.1) is 6.54 Å². The summed E-state index contributed by atoms with van der Waals surface area (Å²) < 4.78 is 5.03. The Labute approximate surface area is 109 Å². The minimum Gasteiger partial charge on any atom is -0.444 e. The number of ether oxygens (including phenoxy) is 1. The molecular weight excluding hydrogens is 254 g/mol. The first-order valence-corrected chi connectivity index (χ1v) is 5.53. The van der Waals surface area contributed by atoms with Crippen LogP contribution in [0.2, 0.25) is 0 Å². The number of carbonyl (C=O) groups excluding carboxylic acids is 2. The van der Waals surface area contributed by atoms with Gasteiger partial charge in [0.1, 0.15) is 12.1 Å². The number of nitrogens with one attached hydrogen (secondary N) is 2. The first-order valence-electron chi connectivity index (χ1n) is 5.53. The van der Waals surface area contributed by atoms with Crippen LogP contribution in [-0.2, 0) is 22.6 Å². The number of aromatic nitrogens is 4. The summed E-state index contributed by atoms with van der Waals surface area (Å²) in [6.45, 7) is 5.18. The molecule has 0 radical (unpaired) electrons. The fourth-order valence-corrected chi connectivity index (χ4v) is 1.05. The van der Waals surface area contributed by atoms with Gasteiger partial charge in [0.2, 0.25) is 0 Å². The molecule has 10 heteroatoms. The highest BCUT2D eigenvalue weighted by Gasteiger charge is 2.16. The number of nitrogens with two attached hydrogens (primary N) is 1. The Bertz CT molecular complexity index is 451. The summed E-state index contributed by atoms with van der Waals surface area (Å²) in [5.74, 6) is 4.73. The number of hydrogen-bond acceptors (Lipinski definition) is 7. The van der Waals surface area contributed by atoms with Crippen LogP contribution in [0.25, 0.3) is 0 Å². The Morgan fingerprint density at radius 2 is 2.11 bits per heavy atom. The standard InChI is InChI=1S/C9H17N7O3/c1-9(2,3)19-8(18)11-4-6-13-15-16(14-6)5-7(17)12-10/h4-5,10H2,1-3H3,(H,11,18)(H,12,17). The molecule has 0 bridgehead atoms. The van der Waals surface area contributed by atoms with Crippen molar-refractivity contribution in [1.82, 2.24) is 30.9 Å². The monoisotopic (exact) mass is 271 g/mol. The topological polar surface area (TPSA) is 137 Å². The van der Waals surface area contributed by atoms with E-state index in [2.05, 4.69) is 20.7 Å². The van der Waals surface area contributed by atoms with E-state index in [1.54, 1.807) is 20.8 Å². The Morgan fingerprint density at radius 3 is 2.68 bits per heavy atom. The Balaban J connectivity index is 2.42. The van der Waals surface area contributed by atoms with E-state index in [1.165, 1.54) is 0 Å². The fraction of sp³-hybridized carbons (Fsp3) is 0.667. The number of nitrogens with zero attached hydrogens (tertiary/aromatic N) is 4. The normalized spacial score (nSPS) is 10.9. The van der Waals surface area contributed by atoms with Crippen LogP contribution in [0.4, 0.5) is 4.79 Å². The van der Waals surface area contributed by atoms with Gasteiger partial charge in [-0.2, -0.15) is 4.80 Å². The van der Waals surface area contributed by atoms with Gasteiger partial charge >= 0.3 is 6.09 Å². The second-order valence-corrected chi connectivity index (χ2v) is 4.66. The van der Waals surface area contributed by atoms with Crippen LogP contribution >= 0.6 is 0 Å². The van der Waals surface area contributed by atoms with Crippen molar-refractivity contribution in [2.75, 3.05) is 0 Å². The molecule has 0 aliphatic rings. The van der Waals surface area contributed by atoms with Crippen LogP contribution in [0, 0.1) is 0 Å². The van der Waals surface area contributed by atoms with Gasteiger partial charge < -0.3 is 10.1 Å². The molecule has 19 heavy (non-hydrogen) atoms. The molecule has 1 aromatic heterocycles. The van der Waals surface area contributed by atoms with Crippen molar-refractivity contribution >= 4 is 12.0 Å². The van der Waals surface area contributed by atoms with E-state index in [0.717, 1.165) is 4.80 Å². The molecule has 1 rings (SSSR count). The third-order valence-corrected chi connectivity index (χ3v) is 1.73. The van der Waals surface area contributed by atoms with E-state index in [0.29, 0.717) is 0 Å². The average Bonchev–Trinajstić information content (AvgIpc) is 2.71. The Kier molecular flexibility index (Phi) is 4.75. The zero-order chi connectivity index (χ0) is 14.5. The summed E-state index contributed by atoms with van der Waals surface area (Å²) in [7, 11) is 0. The summed E-state index contributed by atoms with van der Waals surface area (Å²) in [6.07, 6.45) is -0.580. The fourth-order valence-electron chi connectivity index (χ4n) is 1.05. The maximum atomic E-state index is 11.4. The van der Waals surface area contributed by atoms with Crippen molar-refractivity contribution in [3.8, 4) is 0 Å². The predicted molar refractivity (Wildman–Crippen MR) is 63.2 cm³/mol. The van der Waals surface area contributed by atoms with E-state index in [-0.39, 0.29) is 18.9 Å². The lowest BCUT2D eigenvalue weighted by Gasteiger charge is -2.19. The highest BCUT2D eigenvalue weighted by molar-refractivity contribution is 5.74. The zero-order valence-electron chi connectivity index (χ0n) is 11.0. The minimum absolute atomic E-state index is 0.0547. The maximum absolute atomic E-state index is 11.4. The number of hydrazine groups is 1. The number of rotatable bonds is 4. The lowest BCUT2D eigenvalue weighted by molar-refractivity contribution is -0.122. The van der Waals surface area contributed by atoms with E-state index < -0.39 is 17.6 Å². The highest BCUT2D eigenvalue weighted by atomic mass is 16.6. The van der Waals surface area contributed by atoms with Crippen LogP contribution in [-0.4, -0.2) is 37.8 Å². The van der Waals surface area contributed by atoms with E-state index >= 15 is 0 Å². The summed E-state index contributed by atoms with van der Waals surface area (Å²) in [5, 5.41) is 13.6. The SMILES string of the molecule is CC(C)(C)OC(=O)NCc1nnn(CC(=O)NN)n1. The first-order chi connectivity index (χ1) is 8.80. The number of amides is 2. The molecule has 0 fully saturated rings. The van der Waals surface area contributed by atoms with Gasteiger partial charge in [0, 0.05) is 0 Å².